The fourth-order valence-corrected chi connectivity index (χ4v) is 2.32. The summed E-state index contributed by atoms with van der Waals surface area (Å²) in [6.45, 7) is 0.136. The normalized spacial score (nSPS) is 17.5. The predicted molar refractivity (Wildman–Crippen MR) is 70.0 cm³/mol. The maximum absolute atomic E-state index is 13.8. The molecule has 0 radical (unpaired) electrons. The Morgan fingerprint density at radius 2 is 2.05 bits per heavy atom. The summed E-state index contributed by atoms with van der Waals surface area (Å²) in [6, 6.07) is 1.94. The molecule has 0 bridgehead atoms. The zero-order chi connectivity index (χ0) is 15.0. The van der Waals surface area contributed by atoms with Gasteiger partial charge in [-0.25, -0.2) is 13.8 Å². The zero-order valence-electron chi connectivity index (χ0n) is 10.8. The molecule has 0 spiro atoms. The molecule has 3 rings (SSSR count). The number of hydrogen-bond acceptors (Lipinski definition) is 4. The Morgan fingerprint density at radius 1 is 1.38 bits per heavy atom. The third kappa shape index (κ3) is 2.84. The summed E-state index contributed by atoms with van der Waals surface area (Å²) in [5.74, 6) is -2.30. The first kappa shape index (κ1) is 14.2. The van der Waals surface area contributed by atoms with Gasteiger partial charge in [-0.1, -0.05) is 11.6 Å². The first-order valence-electron chi connectivity index (χ1n) is 6.34. The number of benzene rings is 1. The number of ether oxygens (including phenoxy) is 1. The van der Waals surface area contributed by atoms with E-state index >= 15 is 0 Å². The highest BCUT2D eigenvalue weighted by molar-refractivity contribution is 6.30. The molecule has 1 fully saturated rings. The van der Waals surface area contributed by atoms with Crippen molar-refractivity contribution in [2.75, 3.05) is 0 Å². The van der Waals surface area contributed by atoms with E-state index in [1.807, 2.05) is 0 Å². The summed E-state index contributed by atoms with van der Waals surface area (Å²) < 4.78 is 34.4. The lowest BCUT2D eigenvalue weighted by Gasteiger charge is -2.24. The van der Waals surface area contributed by atoms with E-state index in [9.17, 15) is 13.9 Å². The average molecular weight is 316 g/mol. The van der Waals surface area contributed by atoms with Crippen LogP contribution in [0.15, 0.2) is 24.8 Å². The second kappa shape index (κ2) is 5.23. The molecular formula is C13H12ClF2N3O2. The van der Waals surface area contributed by atoms with Crippen molar-refractivity contribution in [1.29, 1.82) is 0 Å². The highest BCUT2D eigenvalue weighted by atomic mass is 35.5. The topological polar surface area (TPSA) is 60.2 Å². The molecule has 1 aromatic carbocycles. The molecule has 21 heavy (non-hydrogen) atoms. The SMILES string of the molecule is OC(Cn1cncn1)C1(Oc2c(F)cc(Cl)cc2F)CC1. The summed E-state index contributed by atoms with van der Waals surface area (Å²) in [5, 5.41) is 14.0. The predicted octanol–water partition coefficient (Wildman–Crippen LogP) is 2.18. The van der Waals surface area contributed by atoms with E-state index in [1.165, 1.54) is 17.3 Å². The van der Waals surface area contributed by atoms with E-state index in [0.29, 0.717) is 12.8 Å². The first-order chi connectivity index (χ1) is 10.00. The molecule has 0 saturated heterocycles. The minimum atomic E-state index is -0.999. The Hall–Kier alpha value is -1.73. The number of halogens is 3. The van der Waals surface area contributed by atoms with Gasteiger partial charge in [0.2, 0.25) is 0 Å². The van der Waals surface area contributed by atoms with Crippen LogP contribution in [-0.2, 0) is 6.54 Å². The third-order valence-corrected chi connectivity index (χ3v) is 3.66. The molecule has 1 N–H and O–H groups in total. The minimum absolute atomic E-state index is 0.0506. The van der Waals surface area contributed by atoms with E-state index in [1.54, 1.807) is 0 Å². The molecule has 1 saturated carbocycles. The summed E-state index contributed by atoms with van der Waals surface area (Å²) in [7, 11) is 0. The van der Waals surface area contributed by atoms with E-state index in [4.69, 9.17) is 16.3 Å². The van der Waals surface area contributed by atoms with Gasteiger partial charge in [-0.05, 0) is 25.0 Å². The van der Waals surface area contributed by atoms with Crippen LogP contribution in [0.1, 0.15) is 12.8 Å². The summed E-state index contributed by atoms with van der Waals surface area (Å²) >= 11 is 5.56. The highest BCUT2D eigenvalue weighted by Crippen LogP contribution is 2.45. The molecule has 5 nitrogen and oxygen atoms in total. The van der Waals surface area contributed by atoms with Crippen molar-refractivity contribution in [2.24, 2.45) is 0 Å². The van der Waals surface area contributed by atoms with Crippen LogP contribution in [0.3, 0.4) is 0 Å². The van der Waals surface area contributed by atoms with Crippen LogP contribution in [-0.4, -0.2) is 31.6 Å². The largest absolute Gasteiger partial charge is 0.478 e. The van der Waals surface area contributed by atoms with Crippen molar-refractivity contribution in [2.45, 2.75) is 31.1 Å². The number of aromatic nitrogens is 3. The molecule has 1 atom stereocenters. The van der Waals surface area contributed by atoms with Gasteiger partial charge in [-0.15, -0.1) is 0 Å². The van der Waals surface area contributed by atoms with Crippen LogP contribution in [0.25, 0.3) is 0 Å². The quantitative estimate of drug-likeness (QED) is 0.919. The van der Waals surface area contributed by atoms with Crippen LogP contribution in [0.2, 0.25) is 5.02 Å². The molecule has 8 heteroatoms. The second-order valence-corrected chi connectivity index (χ2v) is 5.44. The van der Waals surface area contributed by atoms with Crippen molar-refractivity contribution in [3.05, 3.63) is 41.4 Å². The Kier molecular flexibility index (Phi) is 3.54. The summed E-state index contributed by atoms with van der Waals surface area (Å²) in [4.78, 5) is 3.76. The average Bonchev–Trinajstić information content (AvgIpc) is 3.03. The monoisotopic (exact) mass is 315 g/mol. The Bertz CT molecular complexity index is 624. The van der Waals surface area contributed by atoms with Gasteiger partial charge in [0.1, 0.15) is 24.4 Å². The van der Waals surface area contributed by atoms with Gasteiger partial charge in [-0.2, -0.15) is 5.10 Å². The van der Waals surface area contributed by atoms with E-state index in [2.05, 4.69) is 10.1 Å². The summed E-state index contributed by atoms with van der Waals surface area (Å²) in [5.41, 5.74) is -0.999. The molecule has 0 aliphatic heterocycles. The first-order valence-corrected chi connectivity index (χ1v) is 6.72. The third-order valence-electron chi connectivity index (χ3n) is 3.45. The van der Waals surface area contributed by atoms with Crippen molar-refractivity contribution in [1.82, 2.24) is 14.8 Å². The zero-order valence-corrected chi connectivity index (χ0v) is 11.6. The molecule has 1 aliphatic rings. The summed E-state index contributed by atoms with van der Waals surface area (Å²) in [6.07, 6.45) is 2.84. The Balaban J connectivity index is 1.78. The van der Waals surface area contributed by atoms with Gasteiger partial charge < -0.3 is 9.84 Å². The number of rotatable bonds is 5. The number of aliphatic hydroxyl groups excluding tert-OH is 1. The number of nitrogens with zero attached hydrogens (tertiary/aromatic N) is 3. The van der Waals surface area contributed by atoms with Crippen molar-refractivity contribution in [3.8, 4) is 5.75 Å². The highest BCUT2D eigenvalue weighted by Gasteiger charge is 2.52. The lowest BCUT2D eigenvalue weighted by molar-refractivity contribution is 0.000914. The molecule has 112 valence electrons. The minimum Gasteiger partial charge on any atom is -0.478 e. The Morgan fingerprint density at radius 3 is 2.57 bits per heavy atom. The van der Waals surface area contributed by atoms with Gasteiger partial charge in [0.15, 0.2) is 17.4 Å². The molecule has 1 aliphatic carbocycles. The fourth-order valence-electron chi connectivity index (χ4n) is 2.13. The maximum atomic E-state index is 13.8. The molecule has 2 aromatic rings. The maximum Gasteiger partial charge on any atom is 0.191 e. The van der Waals surface area contributed by atoms with Crippen LogP contribution in [0.4, 0.5) is 8.78 Å². The van der Waals surface area contributed by atoms with E-state index in [-0.39, 0.29) is 11.6 Å². The van der Waals surface area contributed by atoms with Gasteiger partial charge in [0, 0.05) is 5.02 Å². The standard InChI is InChI=1S/C13H12ClF2N3O2/c14-8-3-9(15)12(10(16)4-8)21-13(1-2-13)11(20)5-19-7-17-6-18-19/h3-4,6-7,11,20H,1-2,5H2. The van der Waals surface area contributed by atoms with Gasteiger partial charge in [-0.3, -0.25) is 4.68 Å². The van der Waals surface area contributed by atoms with Gasteiger partial charge >= 0.3 is 0 Å². The molecule has 1 heterocycles. The van der Waals surface area contributed by atoms with Crippen molar-refractivity contribution in [3.63, 3.8) is 0 Å². The molecular weight excluding hydrogens is 304 g/mol. The van der Waals surface area contributed by atoms with E-state index in [0.717, 1.165) is 12.1 Å². The van der Waals surface area contributed by atoms with Gasteiger partial charge in [0.25, 0.3) is 0 Å². The Labute approximate surface area is 124 Å². The fraction of sp³-hybridized carbons (Fsp3) is 0.385. The molecule has 1 unspecified atom stereocenters. The van der Waals surface area contributed by atoms with Crippen LogP contribution >= 0.6 is 11.6 Å². The van der Waals surface area contributed by atoms with Crippen LogP contribution in [0.5, 0.6) is 5.75 Å². The lowest BCUT2D eigenvalue weighted by Crippen LogP contribution is -2.38. The van der Waals surface area contributed by atoms with Crippen molar-refractivity contribution >= 4 is 11.6 Å². The van der Waals surface area contributed by atoms with E-state index < -0.39 is 29.1 Å². The second-order valence-electron chi connectivity index (χ2n) is 5.00. The molecule has 0 amide bonds. The smallest absolute Gasteiger partial charge is 0.191 e. The molecule has 1 aromatic heterocycles. The number of aliphatic hydroxyl groups is 1. The number of hydrogen-bond donors (Lipinski definition) is 1. The lowest BCUT2D eigenvalue weighted by atomic mass is 10.1. The van der Waals surface area contributed by atoms with Crippen molar-refractivity contribution < 1.29 is 18.6 Å². The van der Waals surface area contributed by atoms with Gasteiger partial charge in [0.05, 0.1) is 6.54 Å². The van der Waals surface area contributed by atoms with Crippen LogP contribution < -0.4 is 4.74 Å². The van der Waals surface area contributed by atoms with Crippen LogP contribution in [0, 0.1) is 11.6 Å².